The van der Waals surface area contributed by atoms with Crippen LogP contribution in [0.15, 0.2) is 30.3 Å². The summed E-state index contributed by atoms with van der Waals surface area (Å²) in [6.07, 6.45) is 5.86. The van der Waals surface area contributed by atoms with Crippen LogP contribution in [0.25, 0.3) is 5.69 Å². The molecule has 1 heterocycles. The fraction of sp³-hybridized carbons (Fsp3) is 0.500. The second-order valence-electron chi connectivity index (χ2n) is 9.83. The molecular formula is C26H29N3O3. The molecular weight excluding hydrogens is 402 g/mol. The number of nitriles is 1. The first kappa shape index (κ1) is 20.8. The smallest absolute Gasteiger partial charge is 0.310 e. The lowest BCUT2D eigenvalue weighted by molar-refractivity contribution is -0.164. The van der Waals surface area contributed by atoms with Crippen molar-refractivity contribution >= 4 is 17.7 Å². The molecule has 6 heteroatoms. The molecule has 1 aromatic carbocycles. The average Bonchev–Trinajstić information content (AvgIpc) is 3.01. The molecule has 4 aliphatic rings. The van der Waals surface area contributed by atoms with Gasteiger partial charge < -0.3 is 10.1 Å². The van der Waals surface area contributed by atoms with Gasteiger partial charge in [-0.3, -0.25) is 14.2 Å². The molecule has 0 spiro atoms. The fourth-order valence-electron chi connectivity index (χ4n) is 6.67. The van der Waals surface area contributed by atoms with E-state index in [2.05, 4.69) is 11.4 Å². The van der Waals surface area contributed by atoms with Gasteiger partial charge in [-0.2, -0.15) is 5.26 Å². The molecule has 6 nitrogen and oxygen atoms in total. The van der Waals surface area contributed by atoms with Gasteiger partial charge in [0.1, 0.15) is 11.9 Å². The monoisotopic (exact) mass is 431 g/mol. The van der Waals surface area contributed by atoms with E-state index < -0.39 is 5.91 Å². The predicted molar refractivity (Wildman–Crippen MR) is 120 cm³/mol. The maximum Gasteiger partial charge on any atom is 0.310 e. The van der Waals surface area contributed by atoms with E-state index in [1.807, 2.05) is 48.7 Å². The lowest BCUT2D eigenvalue weighted by atomic mass is 9.52. The zero-order valence-electron chi connectivity index (χ0n) is 18.6. The van der Waals surface area contributed by atoms with Crippen molar-refractivity contribution in [1.82, 2.24) is 4.57 Å². The molecule has 4 aliphatic carbocycles. The normalized spacial score (nSPS) is 27.7. The van der Waals surface area contributed by atoms with Gasteiger partial charge in [0.25, 0.3) is 5.91 Å². The van der Waals surface area contributed by atoms with Crippen LogP contribution in [-0.4, -0.2) is 23.1 Å². The van der Waals surface area contributed by atoms with E-state index in [1.165, 1.54) is 6.42 Å². The zero-order valence-corrected chi connectivity index (χ0v) is 18.6. The van der Waals surface area contributed by atoms with Gasteiger partial charge in [-0.1, -0.05) is 18.2 Å². The number of carbonyl (C=O) groups is 2. The van der Waals surface area contributed by atoms with Crippen LogP contribution in [0.1, 0.15) is 48.9 Å². The minimum Gasteiger partial charge on any atom is -0.455 e. The quantitative estimate of drug-likeness (QED) is 0.706. The number of anilines is 1. The summed E-state index contributed by atoms with van der Waals surface area (Å²) >= 11 is 0. The Bertz CT molecular complexity index is 1070. The topological polar surface area (TPSA) is 84.1 Å². The van der Waals surface area contributed by atoms with E-state index >= 15 is 0 Å². The highest BCUT2D eigenvalue weighted by Crippen LogP contribution is 2.56. The van der Waals surface area contributed by atoms with Crippen LogP contribution >= 0.6 is 0 Å². The standard InChI is InChI=1S/C26H29N3O3/c1-15-16(2)29(21-6-4-3-5-7-21)25(22(15)13-27)28-23(30)14-32-26(31)24-19-9-17-8-18(11-19)12-20(24)10-17/h3-7,17-20,24H,8-12,14H2,1-2H3,(H,28,30). The maximum atomic E-state index is 12.9. The molecule has 4 fully saturated rings. The summed E-state index contributed by atoms with van der Waals surface area (Å²) in [6.45, 7) is 3.46. The fourth-order valence-corrected chi connectivity index (χ4v) is 6.67. The van der Waals surface area contributed by atoms with E-state index in [9.17, 15) is 14.9 Å². The molecule has 4 bridgehead atoms. The van der Waals surface area contributed by atoms with Gasteiger partial charge in [-0.05, 0) is 87.3 Å². The van der Waals surface area contributed by atoms with Crippen LogP contribution in [0.4, 0.5) is 5.82 Å². The molecule has 0 radical (unpaired) electrons. The third-order valence-electron chi connectivity index (χ3n) is 7.94. The molecule has 32 heavy (non-hydrogen) atoms. The van der Waals surface area contributed by atoms with Gasteiger partial charge in [-0.15, -0.1) is 0 Å². The first-order chi connectivity index (χ1) is 15.5. The van der Waals surface area contributed by atoms with Crippen LogP contribution in [0.5, 0.6) is 0 Å². The van der Waals surface area contributed by atoms with Crippen molar-refractivity contribution in [2.75, 3.05) is 11.9 Å². The lowest BCUT2D eigenvalue weighted by Crippen LogP contribution is -2.48. The Hall–Kier alpha value is -3.07. The third-order valence-corrected chi connectivity index (χ3v) is 7.94. The molecule has 1 amide bonds. The Kier molecular flexibility index (Phi) is 5.28. The number of hydrogen-bond acceptors (Lipinski definition) is 4. The first-order valence-electron chi connectivity index (χ1n) is 11.6. The van der Waals surface area contributed by atoms with Crippen molar-refractivity contribution in [3.63, 3.8) is 0 Å². The van der Waals surface area contributed by atoms with Crippen LogP contribution in [-0.2, 0) is 14.3 Å². The highest BCUT2D eigenvalue weighted by Gasteiger charge is 2.51. The number of hydrogen-bond donors (Lipinski definition) is 1. The van der Waals surface area contributed by atoms with E-state index in [-0.39, 0.29) is 18.5 Å². The Morgan fingerprint density at radius 1 is 1.06 bits per heavy atom. The summed E-state index contributed by atoms with van der Waals surface area (Å²) in [4.78, 5) is 25.7. The van der Waals surface area contributed by atoms with Gasteiger partial charge in [-0.25, -0.2) is 0 Å². The van der Waals surface area contributed by atoms with Crippen LogP contribution in [0.3, 0.4) is 0 Å². The van der Waals surface area contributed by atoms with Crippen LogP contribution in [0, 0.1) is 54.8 Å². The highest BCUT2D eigenvalue weighted by molar-refractivity contribution is 5.94. The van der Waals surface area contributed by atoms with Gasteiger partial charge in [0.2, 0.25) is 0 Å². The van der Waals surface area contributed by atoms with Crippen LogP contribution in [0.2, 0.25) is 0 Å². The zero-order chi connectivity index (χ0) is 22.4. The second kappa shape index (κ2) is 8.12. The van der Waals surface area contributed by atoms with E-state index in [0.717, 1.165) is 54.5 Å². The summed E-state index contributed by atoms with van der Waals surface area (Å²) in [5.41, 5.74) is 2.98. The number of esters is 1. The summed E-state index contributed by atoms with van der Waals surface area (Å²) in [5, 5.41) is 12.5. The summed E-state index contributed by atoms with van der Waals surface area (Å²) < 4.78 is 7.38. The Balaban J connectivity index is 1.29. The second-order valence-corrected chi connectivity index (χ2v) is 9.83. The molecule has 0 atom stereocenters. The van der Waals surface area contributed by atoms with E-state index in [1.54, 1.807) is 0 Å². The molecule has 6 rings (SSSR count). The van der Waals surface area contributed by atoms with E-state index in [0.29, 0.717) is 23.2 Å². The number of rotatable bonds is 5. The number of amides is 1. The predicted octanol–water partition coefficient (Wildman–Crippen LogP) is 4.52. The van der Waals surface area contributed by atoms with Gasteiger partial charge >= 0.3 is 5.97 Å². The van der Waals surface area contributed by atoms with Crippen molar-refractivity contribution in [2.45, 2.75) is 46.0 Å². The number of nitrogens with zero attached hydrogens (tertiary/aromatic N) is 2. The third kappa shape index (κ3) is 3.50. The molecule has 1 aromatic heterocycles. The summed E-state index contributed by atoms with van der Waals surface area (Å²) in [6, 6.07) is 11.8. The Morgan fingerprint density at radius 3 is 2.28 bits per heavy atom. The van der Waals surface area contributed by atoms with Crippen molar-refractivity contribution in [1.29, 1.82) is 5.26 Å². The van der Waals surface area contributed by atoms with Crippen molar-refractivity contribution in [3.05, 3.63) is 47.2 Å². The van der Waals surface area contributed by atoms with Gasteiger partial charge in [0.15, 0.2) is 6.61 Å². The highest BCUT2D eigenvalue weighted by atomic mass is 16.5. The SMILES string of the molecule is Cc1c(C#N)c(NC(=O)COC(=O)C2C3CC4CC(C3)CC2C4)n(-c2ccccc2)c1C. The Labute approximate surface area is 188 Å². The van der Waals surface area contributed by atoms with Gasteiger partial charge in [0.05, 0.1) is 11.5 Å². The molecule has 166 valence electrons. The lowest BCUT2D eigenvalue weighted by Gasteiger charge is -2.53. The average molecular weight is 432 g/mol. The van der Waals surface area contributed by atoms with Crippen molar-refractivity contribution in [3.8, 4) is 11.8 Å². The molecule has 2 aromatic rings. The molecule has 0 saturated heterocycles. The molecule has 4 saturated carbocycles. The van der Waals surface area contributed by atoms with Crippen LogP contribution < -0.4 is 5.32 Å². The summed E-state index contributed by atoms with van der Waals surface area (Å²) in [7, 11) is 0. The van der Waals surface area contributed by atoms with E-state index in [4.69, 9.17) is 4.74 Å². The molecule has 0 unspecified atom stereocenters. The number of ether oxygens (including phenoxy) is 1. The Morgan fingerprint density at radius 2 is 1.69 bits per heavy atom. The number of nitrogens with one attached hydrogen (secondary N) is 1. The minimum atomic E-state index is -0.423. The summed E-state index contributed by atoms with van der Waals surface area (Å²) in [5.74, 6) is 2.14. The number of para-hydroxylation sites is 1. The number of aromatic nitrogens is 1. The molecule has 1 N–H and O–H groups in total. The van der Waals surface area contributed by atoms with Crippen molar-refractivity contribution in [2.24, 2.45) is 29.6 Å². The van der Waals surface area contributed by atoms with Gasteiger partial charge in [0, 0.05) is 11.4 Å². The minimum absolute atomic E-state index is 0.0528. The first-order valence-corrected chi connectivity index (χ1v) is 11.6. The van der Waals surface area contributed by atoms with Crippen molar-refractivity contribution < 1.29 is 14.3 Å². The largest absolute Gasteiger partial charge is 0.455 e. The maximum absolute atomic E-state index is 12.9. The number of benzene rings is 1. The molecule has 0 aliphatic heterocycles. The number of carbonyl (C=O) groups excluding carboxylic acids is 2.